The van der Waals surface area contributed by atoms with Gasteiger partial charge in [-0.2, -0.15) is 0 Å². The number of nitrogens with zero attached hydrogens (tertiary/aromatic N) is 1. The molecule has 1 heterocycles. The van der Waals surface area contributed by atoms with Gasteiger partial charge >= 0.3 is 148 Å². The molecule has 1 aliphatic rings. The van der Waals surface area contributed by atoms with Gasteiger partial charge in [0.2, 0.25) is 29.5 Å². The van der Waals surface area contributed by atoms with Crippen molar-refractivity contribution in [2.24, 2.45) is 11.7 Å². The molecule has 0 bridgehead atoms. The average Bonchev–Trinajstić information content (AvgIpc) is 3.51. The number of hydrogen-bond acceptors (Lipinski definition) is 12. The fourth-order valence-corrected chi connectivity index (χ4v) is 9.02. The third-order valence-electron chi connectivity index (χ3n) is 9.67. The summed E-state index contributed by atoms with van der Waals surface area (Å²) in [5.41, 5.74) is 5.87. The molecule has 8 amide bonds. The number of carbonyl (C=O) groups is 8. The van der Waals surface area contributed by atoms with Gasteiger partial charge in [0.1, 0.15) is 12.3 Å². The number of nitrogens with two attached hydrogens (primary N) is 1. The topological polar surface area (TPSA) is 277 Å². The second-order valence-corrected chi connectivity index (χ2v) is 17.0. The predicted octanol–water partition coefficient (Wildman–Crippen LogP) is -5.18. The maximum atomic E-state index is 13.0. The number of amides is 8. The van der Waals surface area contributed by atoms with Crippen molar-refractivity contribution in [3.63, 3.8) is 0 Å². The number of halogens is 1. The second kappa shape index (κ2) is 28.3. The average molecular weight is 946 g/mol. The minimum absolute atomic E-state index is 0.0186. The molecule has 0 spiro atoms. The van der Waals surface area contributed by atoms with Gasteiger partial charge in [0.05, 0.1) is 32.8 Å². The molecule has 0 aromatic heterocycles. The van der Waals surface area contributed by atoms with E-state index in [0.29, 0.717) is 13.0 Å². The molecule has 2 rings (SSSR count). The first-order valence-corrected chi connectivity index (χ1v) is 23.1. The number of imide groups is 1. The van der Waals surface area contributed by atoms with Gasteiger partial charge in [-0.15, -0.1) is 0 Å². The first-order chi connectivity index (χ1) is 28.2. The maximum absolute atomic E-state index is 13.0. The van der Waals surface area contributed by atoms with Gasteiger partial charge in [-0.3, -0.25) is 29.3 Å². The monoisotopic (exact) mass is 945 g/mol. The summed E-state index contributed by atoms with van der Waals surface area (Å²) in [6.07, 6.45) is 1.54. The number of hydrogen-bond donors (Lipinski definition) is 8. The Morgan fingerprint density at radius 2 is 1.49 bits per heavy atom. The van der Waals surface area contributed by atoms with Crippen molar-refractivity contribution in [2.75, 3.05) is 70.6 Å². The number of alkyl halides is 2. The summed E-state index contributed by atoms with van der Waals surface area (Å²) in [6.45, 7) is 4.42. The first-order valence-electron chi connectivity index (χ1n) is 19.9. The van der Waals surface area contributed by atoms with Gasteiger partial charge < -0.3 is 36.8 Å². The van der Waals surface area contributed by atoms with Gasteiger partial charge in [-0.25, -0.2) is 0 Å². The fraction of sp³-hybridized carbons (Fsp3) is 0.641. The van der Waals surface area contributed by atoms with Crippen LogP contribution in [-0.4, -0.2) is 144 Å². The van der Waals surface area contributed by atoms with Crippen molar-refractivity contribution < 1.29 is 74.1 Å². The van der Waals surface area contributed by atoms with E-state index in [0.717, 1.165) is 18.4 Å². The Balaban J connectivity index is 1.57. The standard InChI is InChI=1S/C39H62IN8O11/c1-4-39(5-2,40-3)28-23-36(55)48(38(28)57)17-13-31(50)43-16-19-59-21-20-58-18-14-32(51)44-24-34(53)45-26-35(54)47-29(22-27-10-7-6-8-11-27)37(56)46-25-33(52)42-15-9-12-30(41)49/h6-8,10-11,28-29,33,42,52H,4-5,9,12-26H2,1-3H3,(H2,41,49)(H,43,50)(H,44,51)(H,45,53)(H,46,56)(H,47,54)/q-1. The third-order valence-corrected chi connectivity index (χ3v) is 14.1. The van der Waals surface area contributed by atoms with E-state index in [-0.39, 0.29) is 133 Å². The zero-order valence-corrected chi connectivity index (χ0v) is 36.4. The van der Waals surface area contributed by atoms with Crippen LogP contribution in [0.4, 0.5) is 0 Å². The molecular weight excluding hydrogens is 883 g/mol. The summed E-state index contributed by atoms with van der Waals surface area (Å²) >= 11 is -0.251. The predicted molar refractivity (Wildman–Crippen MR) is 211 cm³/mol. The third kappa shape index (κ3) is 19.6. The minimum atomic E-state index is -1.10. The van der Waals surface area contributed by atoms with Crippen LogP contribution >= 0.6 is 0 Å². The number of nitrogens with one attached hydrogen (secondary N) is 6. The molecule has 3 unspecified atom stereocenters. The van der Waals surface area contributed by atoms with Gasteiger partial charge in [0.25, 0.3) is 0 Å². The van der Waals surface area contributed by atoms with Crippen molar-refractivity contribution in [2.45, 2.75) is 80.9 Å². The molecule has 332 valence electrons. The molecule has 0 saturated carbocycles. The van der Waals surface area contributed by atoms with Crippen molar-refractivity contribution >= 4 is 47.3 Å². The summed E-state index contributed by atoms with van der Waals surface area (Å²) in [6, 6.07) is 7.93. The first kappa shape index (κ1) is 50.9. The molecule has 1 fully saturated rings. The van der Waals surface area contributed by atoms with E-state index >= 15 is 0 Å². The Bertz CT molecular complexity index is 1520. The van der Waals surface area contributed by atoms with E-state index in [9.17, 15) is 43.5 Å². The number of aliphatic hydroxyl groups excluding tert-OH is 1. The van der Waals surface area contributed by atoms with Crippen molar-refractivity contribution in [3.05, 3.63) is 35.9 Å². The molecule has 19 nitrogen and oxygen atoms in total. The van der Waals surface area contributed by atoms with Gasteiger partial charge in [0, 0.05) is 19.3 Å². The van der Waals surface area contributed by atoms with Gasteiger partial charge in [-0.05, 0) is 18.5 Å². The van der Waals surface area contributed by atoms with E-state index in [4.69, 9.17) is 15.2 Å². The van der Waals surface area contributed by atoms with E-state index < -0.39 is 48.4 Å². The van der Waals surface area contributed by atoms with Crippen LogP contribution in [0.2, 0.25) is 0 Å². The number of carbonyl (C=O) groups excluding carboxylic acids is 8. The molecular formula is C39H62IN8O11-. The molecule has 9 N–H and O–H groups in total. The summed E-state index contributed by atoms with van der Waals surface area (Å²) in [5.74, 6) is -3.70. The zero-order valence-electron chi connectivity index (χ0n) is 34.3. The number of rotatable bonds is 31. The summed E-state index contributed by atoms with van der Waals surface area (Å²) in [5, 5.41) is 25.6. The normalized spacial score (nSPS) is 15.1. The van der Waals surface area contributed by atoms with E-state index in [1.54, 1.807) is 24.3 Å². The van der Waals surface area contributed by atoms with Crippen molar-refractivity contribution in [1.29, 1.82) is 0 Å². The molecule has 0 aliphatic carbocycles. The van der Waals surface area contributed by atoms with Crippen LogP contribution in [0.25, 0.3) is 0 Å². The number of primary amides is 1. The van der Waals surface area contributed by atoms with E-state index in [2.05, 4.69) is 50.7 Å². The molecule has 1 saturated heterocycles. The second-order valence-electron chi connectivity index (χ2n) is 13.8. The fourth-order valence-electron chi connectivity index (χ4n) is 6.25. The zero-order chi connectivity index (χ0) is 43.6. The van der Waals surface area contributed by atoms with Crippen LogP contribution in [0.1, 0.15) is 64.4 Å². The van der Waals surface area contributed by atoms with Gasteiger partial charge in [-0.1, -0.05) is 30.3 Å². The van der Waals surface area contributed by atoms with Crippen LogP contribution < -0.4 is 58.8 Å². The quantitative estimate of drug-likeness (QED) is 0.0114. The summed E-state index contributed by atoms with van der Waals surface area (Å²) in [7, 11) is 0. The molecule has 1 aromatic rings. The molecule has 1 aromatic carbocycles. The molecule has 59 heavy (non-hydrogen) atoms. The Hall–Kier alpha value is -4.25. The molecule has 0 radical (unpaired) electrons. The van der Waals surface area contributed by atoms with Crippen LogP contribution in [-0.2, 0) is 54.3 Å². The summed E-state index contributed by atoms with van der Waals surface area (Å²) in [4.78, 5) is 102. The summed E-state index contributed by atoms with van der Waals surface area (Å²) < 4.78 is 10.7. The van der Waals surface area contributed by atoms with E-state index in [1.807, 2.05) is 6.07 Å². The Labute approximate surface area is 356 Å². The SMILES string of the molecule is CCC(CC)([I-]C)C1CC(=O)N(CCC(=O)NCCOCCOCCC(=O)NCC(=O)NCC(=O)NC(Cc2ccccc2)C(=O)NCC(O)NCCCC(N)=O)C1=O. The van der Waals surface area contributed by atoms with Gasteiger partial charge in [0.15, 0.2) is 0 Å². The van der Waals surface area contributed by atoms with Crippen LogP contribution in [0.3, 0.4) is 0 Å². The molecule has 3 atom stereocenters. The van der Waals surface area contributed by atoms with Crippen LogP contribution in [0.5, 0.6) is 0 Å². The number of aliphatic hydroxyl groups is 1. The van der Waals surface area contributed by atoms with Crippen molar-refractivity contribution in [3.8, 4) is 0 Å². The van der Waals surface area contributed by atoms with E-state index in [1.165, 1.54) is 4.90 Å². The number of likely N-dealkylation sites (tertiary alicyclic amines) is 1. The Morgan fingerprint density at radius 1 is 0.847 bits per heavy atom. The Kier molecular flexibility index (Phi) is 24.4. The number of benzene rings is 1. The molecule has 20 heteroatoms. The number of ether oxygens (including phenoxy) is 2. The van der Waals surface area contributed by atoms with Crippen LogP contribution in [0, 0.1) is 5.92 Å². The Morgan fingerprint density at radius 3 is 2.15 bits per heavy atom. The van der Waals surface area contributed by atoms with Crippen LogP contribution in [0.15, 0.2) is 30.3 Å². The van der Waals surface area contributed by atoms with Crippen molar-refractivity contribution in [1.82, 2.24) is 36.8 Å². The molecule has 1 aliphatic heterocycles.